The second-order valence-electron chi connectivity index (χ2n) is 7.58. The zero-order chi connectivity index (χ0) is 19.3. The van der Waals surface area contributed by atoms with E-state index in [1.807, 2.05) is 48.3 Å². The molecule has 0 aliphatic carbocycles. The van der Waals surface area contributed by atoms with Crippen molar-refractivity contribution in [3.8, 4) is 0 Å². The first kappa shape index (κ1) is 19.4. The van der Waals surface area contributed by atoms with Crippen molar-refractivity contribution in [1.82, 2.24) is 15.6 Å². The average Bonchev–Trinajstić information content (AvgIpc) is 3.02. The highest BCUT2D eigenvalue weighted by Gasteiger charge is 2.13. The lowest BCUT2D eigenvalue weighted by molar-refractivity contribution is 0.240. The molecule has 0 fully saturated rings. The van der Waals surface area contributed by atoms with Gasteiger partial charge in [0.15, 0.2) is 0 Å². The first-order valence-electron chi connectivity index (χ1n) is 9.25. The van der Waals surface area contributed by atoms with Crippen LogP contribution in [-0.2, 0) is 13.0 Å². The van der Waals surface area contributed by atoms with Gasteiger partial charge in [-0.15, -0.1) is 11.8 Å². The Morgan fingerprint density at radius 3 is 2.59 bits per heavy atom. The number of thioether (sulfide) groups is 1. The van der Waals surface area contributed by atoms with E-state index in [4.69, 9.17) is 0 Å². The van der Waals surface area contributed by atoms with Crippen molar-refractivity contribution in [1.29, 1.82) is 0 Å². The maximum atomic E-state index is 12.0. The van der Waals surface area contributed by atoms with E-state index in [0.717, 1.165) is 17.5 Å². The van der Waals surface area contributed by atoms with Crippen LogP contribution in [0.4, 0.5) is 4.79 Å². The standard InChI is InChI=1S/C22H27N3OS/c1-22(2,3)27-18-9-10-20-19(13-18)17(15-24-20)11-12-23-21(26)25-14-16-7-5-4-6-8-16/h4-10,13,15,24H,11-12,14H2,1-3H3,(H2,23,25,26). The Kier molecular flexibility index (Phi) is 6.11. The molecule has 0 unspecified atom stereocenters. The lowest BCUT2D eigenvalue weighted by Crippen LogP contribution is -2.36. The third-order valence-electron chi connectivity index (χ3n) is 4.14. The van der Waals surface area contributed by atoms with Crippen LogP contribution >= 0.6 is 11.8 Å². The number of carbonyl (C=O) groups is 1. The van der Waals surface area contributed by atoms with E-state index in [0.29, 0.717) is 13.1 Å². The highest BCUT2D eigenvalue weighted by molar-refractivity contribution is 8.00. The highest BCUT2D eigenvalue weighted by atomic mass is 32.2. The third-order valence-corrected chi connectivity index (χ3v) is 5.24. The molecule has 0 radical (unpaired) electrons. The molecule has 5 heteroatoms. The largest absolute Gasteiger partial charge is 0.361 e. The summed E-state index contributed by atoms with van der Waals surface area (Å²) in [5.74, 6) is 0. The van der Waals surface area contributed by atoms with Crippen molar-refractivity contribution >= 4 is 28.7 Å². The molecule has 3 aromatic rings. The summed E-state index contributed by atoms with van der Waals surface area (Å²) in [6.45, 7) is 7.80. The number of fused-ring (bicyclic) bond motifs is 1. The van der Waals surface area contributed by atoms with Crippen molar-refractivity contribution in [3.63, 3.8) is 0 Å². The van der Waals surface area contributed by atoms with Gasteiger partial charge in [0.25, 0.3) is 0 Å². The van der Waals surface area contributed by atoms with Crippen molar-refractivity contribution < 1.29 is 4.79 Å². The fourth-order valence-electron chi connectivity index (χ4n) is 2.93. The molecule has 4 nitrogen and oxygen atoms in total. The number of hydrogen-bond donors (Lipinski definition) is 3. The number of nitrogens with one attached hydrogen (secondary N) is 3. The quantitative estimate of drug-likeness (QED) is 0.520. The number of rotatable bonds is 6. The Hall–Kier alpha value is -2.40. The van der Waals surface area contributed by atoms with E-state index in [1.54, 1.807) is 0 Å². The molecule has 0 saturated heterocycles. The minimum Gasteiger partial charge on any atom is -0.361 e. The Bertz CT molecular complexity index is 897. The molecule has 0 bridgehead atoms. The Morgan fingerprint density at radius 2 is 1.85 bits per heavy atom. The van der Waals surface area contributed by atoms with E-state index in [1.165, 1.54) is 15.8 Å². The van der Waals surface area contributed by atoms with Crippen LogP contribution < -0.4 is 10.6 Å². The van der Waals surface area contributed by atoms with Crippen molar-refractivity contribution in [2.45, 2.75) is 43.4 Å². The molecule has 1 aromatic heterocycles. The summed E-state index contributed by atoms with van der Waals surface area (Å²) >= 11 is 1.87. The summed E-state index contributed by atoms with van der Waals surface area (Å²) in [6.07, 6.45) is 2.84. The van der Waals surface area contributed by atoms with Crippen LogP contribution in [0.2, 0.25) is 0 Å². The third kappa shape index (κ3) is 5.79. The molecule has 2 aromatic carbocycles. The SMILES string of the molecule is CC(C)(C)Sc1ccc2[nH]cc(CCNC(=O)NCc3ccccc3)c2c1. The van der Waals surface area contributed by atoms with Crippen LogP contribution in [0.25, 0.3) is 10.9 Å². The second kappa shape index (κ2) is 8.53. The number of benzene rings is 2. The molecular weight excluding hydrogens is 354 g/mol. The molecule has 3 rings (SSSR count). The number of aromatic amines is 1. The van der Waals surface area contributed by atoms with E-state index in [2.05, 4.69) is 54.6 Å². The summed E-state index contributed by atoms with van der Waals surface area (Å²) < 4.78 is 0.183. The van der Waals surface area contributed by atoms with Crippen LogP contribution in [0, 0.1) is 0 Å². The van der Waals surface area contributed by atoms with Gasteiger partial charge in [0, 0.05) is 39.8 Å². The molecule has 142 valence electrons. The van der Waals surface area contributed by atoms with Gasteiger partial charge in [-0.1, -0.05) is 51.1 Å². The van der Waals surface area contributed by atoms with Crippen LogP contribution in [0.3, 0.4) is 0 Å². The van der Waals surface area contributed by atoms with Crippen LogP contribution in [0.1, 0.15) is 31.9 Å². The summed E-state index contributed by atoms with van der Waals surface area (Å²) in [5, 5.41) is 7.06. The maximum absolute atomic E-state index is 12.0. The first-order chi connectivity index (χ1) is 12.9. The summed E-state index contributed by atoms with van der Waals surface area (Å²) in [4.78, 5) is 16.6. The molecule has 0 saturated carbocycles. The molecule has 2 amide bonds. The summed E-state index contributed by atoms with van der Waals surface area (Å²) in [5.41, 5.74) is 3.45. The molecular formula is C22H27N3OS. The molecule has 3 N–H and O–H groups in total. The van der Waals surface area contributed by atoms with Crippen LogP contribution in [-0.4, -0.2) is 22.3 Å². The Morgan fingerprint density at radius 1 is 1.07 bits per heavy atom. The van der Waals surface area contributed by atoms with E-state index in [-0.39, 0.29) is 10.8 Å². The second-order valence-corrected chi connectivity index (χ2v) is 9.48. The average molecular weight is 382 g/mol. The molecule has 27 heavy (non-hydrogen) atoms. The van der Waals surface area contributed by atoms with Crippen molar-refractivity contribution in [3.05, 3.63) is 65.9 Å². The fraction of sp³-hybridized carbons (Fsp3) is 0.318. The normalized spacial score (nSPS) is 11.5. The predicted molar refractivity (Wildman–Crippen MR) is 114 cm³/mol. The van der Waals surface area contributed by atoms with Gasteiger partial charge in [0.05, 0.1) is 0 Å². The monoisotopic (exact) mass is 381 g/mol. The number of carbonyl (C=O) groups excluding carboxylic acids is 1. The summed E-state index contributed by atoms with van der Waals surface area (Å²) in [7, 11) is 0. The lowest BCUT2D eigenvalue weighted by Gasteiger charge is -2.17. The van der Waals surface area contributed by atoms with E-state index >= 15 is 0 Å². The van der Waals surface area contributed by atoms with Crippen molar-refractivity contribution in [2.24, 2.45) is 0 Å². The van der Waals surface area contributed by atoms with Gasteiger partial charge in [-0.05, 0) is 35.7 Å². The maximum Gasteiger partial charge on any atom is 0.315 e. The van der Waals surface area contributed by atoms with E-state index in [9.17, 15) is 4.79 Å². The number of urea groups is 1. The molecule has 1 heterocycles. The summed E-state index contributed by atoms with van der Waals surface area (Å²) in [6, 6.07) is 16.3. The van der Waals surface area contributed by atoms with E-state index < -0.39 is 0 Å². The van der Waals surface area contributed by atoms with Gasteiger partial charge in [-0.2, -0.15) is 0 Å². The van der Waals surface area contributed by atoms with Crippen LogP contribution in [0.5, 0.6) is 0 Å². The van der Waals surface area contributed by atoms with Gasteiger partial charge in [0.1, 0.15) is 0 Å². The van der Waals surface area contributed by atoms with Gasteiger partial charge in [-0.25, -0.2) is 4.79 Å². The highest BCUT2D eigenvalue weighted by Crippen LogP contribution is 2.34. The minimum absolute atomic E-state index is 0.136. The molecule has 0 spiro atoms. The molecule has 0 aliphatic heterocycles. The Balaban J connectivity index is 1.53. The zero-order valence-corrected chi connectivity index (χ0v) is 17.0. The number of aromatic nitrogens is 1. The topological polar surface area (TPSA) is 56.9 Å². The zero-order valence-electron chi connectivity index (χ0n) is 16.1. The number of hydrogen-bond acceptors (Lipinski definition) is 2. The van der Waals surface area contributed by atoms with Gasteiger partial charge >= 0.3 is 6.03 Å². The number of amides is 2. The fourth-order valence-corrected chi connectivity index (χ4v) is 3.95. The van der Waals surface area contributed by atoms with Crippen molar-refractivity contribution in [2.75, 3.05) is 6.54 Å². The molecule has 0 aliphatic rings. The van der Waals surface area contributed by atoms with Crippen LogP contribution in [0.15, 0.2) is 59.6 Å². The molecule has 0 atom stereocenters. The predicted octanol–water partition coefficient (Wildman–Crippen LogP) is 5.10. The minimum atomic E-state index is -0.136. The first-order valence-corrected chi connectivity index (χ1v) is 10.1. The smallest absolute Gasteiger partial charge is 0.315 e. The van der Waals surface area contributed by atoms with Gasteiger partial charge in [-0.3, -0.25) is 0 Å². The van der Waals surface area contributed by atoms with Gasteiger partial charge in [0.2, 0.25) is 0 Å². The lowest BCUT2D eigenvalue weighted by atomic mass is 10.1. The van der Waals surface area contributed by atoms with Gasteiger partial charge < -0.3 is 15.6 Å². The number of H-pyrrole nitrogens is 1. The Labute approximate surface area is 165 Å².